The molecule has 0 aliphatic rings. The lowest BCUT2D eigenvalue weighted by molar-refractivity contribution is -0.142. The third-order valence-corrected chi connectivity index (χ3v) is 1.33. The maximum Gasteiger partial charge on any atom is 0.340 e. The van der Waals surface area contributed by atoms with Crippen molar-refractivity contribution < 1.29 is 14.6 Å². The van der Waals surface area contributed by atoms with Crippen molar-refractivity contribution in [1.29, 1.82) is 0 Å². The van der Waals surface area contributed by atoms with Crippen molar-refractivity contribution in [3.8, 4) is 5.75 Å². The number of rotatable bonds is 2. The molecule has 5 nitrogen and oxygen atoms in total. The number of carbonyl (C=O) groups excluding carboxylic acids is 1. The van der Waals surface area contributed by atoms with Gasteiger partial charge >= 0.3 is 5.97 Å². The first-order valence-electron chi connectivity index (χ1n) is 3.68. The lowest BCUT2D eigenvalue weighted by Crippen LogP contribution is -2.25. The smallest absolute Gasteiger partial charge is 0.340 e. The van der Waals surface area contributed by atoms with Gasteiger partial charge in [-0.3, -0.25) is 4.79 Å². The molecule has 2 N–H and O–H groups in total. The Morgan fingerprint density at radius 3 is 2.92 bits per heavy atom. The molecule has 13 heavy (non-hydrogen) atoms. The summed E-state index contributed by atoms with van der Waals surface area (Å²) in [5.74, 6) is -0.967. The van der Waals surface area contributed by atoms with Gasteiger partial charge in [-0.15, -0.1) is 0 Å². The van der Waals surface area contributed by atoms with Crippen LogP contribution in [0.4, 0.5) is 0 Å². The zero-order chi connectivity index (χ0) is 9.84. The normalized spacial score (nSPS) is 12.2. The van der Waals surface area contributed by atoms with Crippen LogP contribution in [0, 0.1) is 0 Å². The minimum Gasteiger partial charge on any atom is -0.419 e. The second-order valence-corrected chi connectivity index (χ2v) is 2.46. The minimum atomic E-state index is -1.24. The zero-order valence-corrected chi connectivity index (χ0v) is 6.98. The first kappa shape index (κ1) is 9.47. The summed E-state index contributed by atoms with van der Waals surface area (Å²) >= 11 is 0. The maximum absolute atomic E-state index is 11.0. The van der Waals surface area contributed by atoms with Crippen LogP contribution in [-0.2, 0) is 4.79 Å². The van der Waals surface area contributed by atoms with Gasteiger partial charge in [-0.05, 0) is 19.1 Å². The van der Waals surface area contributed by atoms with Crippen LogP contribution in [0.1, 0.15) is 6.92 Å². The topological polar surface area (TPSA) is 79.4 Å². The van der Waals surface area contributed by atoms with Crippen LogP contribution in [0.15, 0.2) is 23.1 Å². The molecular weight excluding hydrogens is 174 g/mol. The average molecular weight is 183 g/mol. The summed E-state index contributed by atoms with van der Waals surface area (Å²) < 4.78 is 4.57. The second kappa shape index (κ2) is 3.86. The molecule has 1 aromatic rings. The quantitative estimate of drug-likeness (QED) is 0.615. The van der Waals surface area contributed by atoms with E-state index in [9.17, 15) is 9.59 Å². The molecule has 0 saturated heterocycles. The Hall–Kier alpha value is -1.62. The first-order chi connectivity index (χ1) is 6.11. The van der Waals surface area contributed by atoms with Gasteiger partial charge in [0.15, 0.2) is 5.75 Å². The molecule has 0 bridgehead atoms. The van der Waals surface area contributed by atoms with E-state index >= 15 is 0 Å². The highest BCUT2D eigenvalue weighted by molar-refractivity contribution is 5.76. The number of aliphatic hydroxyl groups is 1. The molecule has 1 aromatic heterocycles. The molecule has 5 heteroatoms. The van der Waals surface area contributed by atoms with Gasteiger partial charge in [0.2, 0.25) is 0 Å². The summed E-state index contributed by atoms with van der Waals surface area (Å²) in [5, 5.41) is 8.79. The Labute approximate surface area is 74.0 Å². The number of carbonyl (C=O) groups is 1. The SMILES string of the molecule is C[C@H](O)C(=O)Oc1ccc[nH]c1=O. The fraction of sp³-hybridized carbons (Fsp3) is 0.250. The van der Waals surface area contributed by atoms with Crippen molar-refractivity contribution >= 4 is 5.97 Å². The highest BCUT2D eigenvalue weighted by Gasteiger charge is 2.12. The lowest BCUT2D eigenvalue weighted by Gasteiger charge is -2.03. The molecule has 0 spiro atoms. The van der Waals surface area contributed by atoms with Gasteiger partial charge in [0.1, 0.15) is 6.10 Å². The molecule has 0 aliphatic heterocycles. The number of aliphatic hydroxyl groups excluding tert-OH is 1. The monoisotopic (exact) mass is 183 g/mol. The standard InChI is InChI=1S/C8H9NO4/c1-5(10)8(12)13-6-3-2-4-9-7(6)11/h2-5,10H,1H3,(H,9,11)/t5-/m0/s1. The predicted molar refractivity (Wildman–Crippen MR) is 44.4 cm³/mol. The Morgan fingerprint density at radius 1 is 1.69 bits per heavy atom. The molecule has 0 fully saturated rings. The molecule has 0 unspecified atom stereocenters. The summed E-state index contributed by atoms with van der Waals surface area (Å²) in [5.41, 5.74) is -0.503. The van der Waals surface area contributed by atoms with Crippen LogP contribution in [0.25, 0.3) is 0 Å². The van der Waals surface area contributed by atoms with E-state index in [0.29, 0.717) is 0 Å². The van der Waals surface area contributed by atoms with Crippen LogP contribution >= 0.6 is 0 Å². The third kappa shape index (κ3) is 2.41. The largest absolute Gasteiger partial charge is 0.419 e. The molecule has 0 radical (unpaired) electrons. The van der Waals surface area contributed by atoms with Crippen molar-refractivity contribution in [2.45, 2.75) is 13.0 Å². The minimum absolute atomic E-state index is 0.117. The predicted octanol–water partition coefficient (Wildman–Crippen LogP) is -0.339. The summed E-state index contributed by atoms with van der Waals surface area (Å²) in [7, 11) is 0. The first-order valence-corrected chi connectivity index (χ1v) is 3.68. The lowest BCUT2D eigenvalue weighted by atomic mass is 10.4. The van der Waals surface area contributed by atoms with E-state index < -0.39 is 17.6 Å². The van der Waals surface area contributed by atoms with E-state index in [-0.39, 0.29) is 5.75 Å². The Morgan fingerprint density at radius 2 is 2.38 bits per heavy atom. The Kier molecular flexibility index (Phi) is 2.81. The number of hydrogen-bond donors (Lipinski definition) is 2. The number of pyridine rings is 1. The zero-order valence-electron chi connectivity index (χ0n) is 6.98. The van der Waals surface area contributed by atoms with Gasteiger partial charge in [0.05, 0.1) is 0 Å². The highest BCUT2D eigenvalue weighted by Crippen LogP contribution is 2.01. The molecule has 1 rings (SSSR count). The van der Waals surface area contributed by atoms with Crippen LogP contribution < -0.4 is 10.3 Å². The van der Waals surface area contributed by atoms with E-state index in [4.69, 9.17) is 5.11 Å². The van der Waals surface area contributed by atoms with Crippen molar-refractivity contribution in [3.05, 3.63) is 28.7 Å². The van der Waals surface area contributed by atoms with Crippen LogP contribution in [0.2, 0.25) is 0 Å². The number of hydrogen-bond acceptors (Lipinski definition) is 4. The number of esters is 1. The molecule has 1 atom stereocenters. The third-order valence-electron chi connectivity index (χ3n) is 1.33. The molecule has 70 valence electrons. The van der Waals surface area contributed by atoms with Gasteiger partial charge in [0.25, 0.3) is 5.56 Å². The van der Waals surface area contributed by atoms with Crippen LogP contribution in [-0.4, -0.2) is 22.2 Å². The highest BCUT2D eigenvalue weighted by atomic mass is 16.6. The molecular formula is C8H9NO4. The molecule has 0 aliphatic carbocycles. The molecule has 0 aromatic carbocycles. The number of aromatic amines is 1. The summed E-state index contributed by atoms with van der Waals surface area (Å²) in [6.45, 7) is 1.26. The fourth-order valence-electron chi connectivity index (χ4n) is 0.680. The summed E-state index contributed by atoms with van der Waals surface area (Å²) in [6.07, 6.45) is 0.182. The van der Waals surface area contributed by atoms with Gasteiger partial charge in [-0.25, -0.2) is 4.79 Å². The van der Waals surface area contributed by atoms with Crippen LogP contribution in [0.5, 0.6) is 5.75 Å². The van der Waals surface area contributed by atoms with Crippen molar-refractivity contribution in [2.24, 2.45) is 0 Å². The molecule has 1 heterocycles. The summed E-state index contributed by atoms with van der Waals surface area (Å²) in [4.78, 5) is 24.1. The van der Waals surface area contributed by atoms with E-state index in [1.807, 2.05) is 0 Å². The number of nitrogens with one attached hydrogen (secondary N) is 1. The van der Waals surface area contributed by atoms with E-state index in [2.05, 4.69) is 9.72 Å². The number of ether oxygens (including phenoxy) is 1. The van der Waals surface area contributed by atoms with Crippen LogP contribution in [0.3, 0.4) is 0 Å². The Balaban J connectivity index is 2.81. The Bertz CT molecular complexity index is 355. The van der Waals surface area contributed by atoms with E-state index in [1.165, 1.54) is 25.3 Å². The summed E-state index contributed by atoms with van der Waals surface area (Å²) in [6, 6.07) is 2.87. The van der Waals surface area contributed by atoms with Crippen molar-refractivity contribution in [2.75, 3.05) is 0 Å². The second-order valence-electron chi connectivity index (χ2n) is 2.46. The van der Waals surface area contributed by atoms with E-state index in [0.717, 1.165) is 0 Å². The molecule has 0 saturated carbocycles. The van der Waals surface area contributed by atoms with Gasteiger partial charge in [0, 0.05) is 6.20 Å². The average Bonchev–Trinajstić information content (AvgIpc) is 2.08. The molecule has 0 amide bonds. The van der Waals surface area contributed by atoms with E-state index in [1.54, 1.807) is 0 Å². The van der Waals surface area contributed by atoms with Gasteiger partial charge in [-0.2, -0.15) is 0 Å². The fourth-order valence-corrected chi connectivity index (χ4v) is 0.680. The van der Waals surface area contributed by atoms with Crippen molar-refractivity contribution in [3.63, 3.8) is 0 Å². The maximum atomic E-state index is 11.0. The van der Waals surface area contributed by atoms with Gasteiger partial charge in [-0.1, -0.05) is 0 Å². The van der Waals surface area contributed by atoms with Crippen molar-refractivity contribution in [1.82, 2.24) is 4.98 Å². The number of H-pyrrole nitrogens is 1. The number of aromatic nitrogens is 1. The van der Waals surface area contributed by atoms with Gasteiger partial charge < -0.3 is 14.8 Å².